The summed E-state index contributed by atoms with van der Waals surface area (Å²) in [5.41, 5.74) is 0.278. The van der Waals surface area contributed by atoms with Crippen LogP contribution in [0.5, 0.6) is 0 Å². The van der Waals surface area contributed by atoms with E-state index in [1.165, 1.54) is 15.6 Å². The summed E-state index contributed by atoms with van der Waals surface area (Å²) in [6.45, 7) is 6.66. The van der Waals surface area contributed by atoms with Crippen LogP contribution in [0.2, 0.25) is 0 Å². The highest BCUT2D eigenvalue weighted by molar-refractivity contribution is 7.91. The Morgan fingerprint density at radius 3 is 2.75 bits per heavy atom. The third-order valence-corrected chi connectivity index (χ3v) is 9.46. The lowest BCUT2D eigenvalue weighted by atomic mass is 10.2. The molecule has 1 fully saturated rings. The number of nitrogens with one attached hydrogen (secondary N) is 1. The zero-order chi connectivity index (χ0) is 23.1. The van der Waals surface area contributed by atoms with Crippen LogP contribution in [0, 0.1) is 0 Å². The summed E-state index contributed by atoms with van der Waals surface area (Å²) in [5, 5.41) is 4.93. The van der Waals surface area contributed by atoms with Crippen molar-refractivity contribution < 1.29 is 22.7 Å². The van der Waals surface area contributed by atoms with Crippen LogP contribution in [0.15, 0.2) is 21.7 Å². The zero-order valence-corrected chi connectivity index (χ0v) is 20.6. The molecule has 1 saturated heterocycles. The Kier molecular flexibility index (Phi) is 6.31. The van der Waals surface area contributed by atoms with Crippen molar-refractivity contribution in [2.45, 2.75) is 62.4 Å². The third kappa shape index (κ3) is 4.82. The van der Waals surface area contributed by atoms with Gasteiger partial charge in [-0.2, -0.15) is 4.31 Å². The molecular formula is C20H26N4O5S3. The smallest absolute Gasteiger partial charge is 0.410 e. The van der Waals surface area contributed by atoms with Crippen molar-refractivity contribution in [1.82, 2.24) is 14.2 Å². The number of hydrogen-bond acceptors (Lipinski definition) is 8. The molecule has 1 unspecified atom stereocenters. The predicted octanol–water partition coefficient (Wildman–Crippen LogP) is 3.29. The van der Waals surface area contributed by atoms with Crippen LogP contribution in [0.1, 0.15) is 44.2 Å². The summed E-state index contributed by atoms with van der Waals surface area (Å²) < 4.78 is 32.8. The normalized spacial score (nSPS) is 19.6. The minimum atomic E-state index is -3.70. The van der Waals surface area contributed by atoms with Crippen LogP contribution in [0.25, 0.3) is 0 Å². The second-order valence-electron chi connectivity index (χ2n) is 8.74. The molecule has 4 rings (SSSR count). The van der Waals surface area contributed by atoms with E-state index >= 15 is 0 Å². The number of carbonyl (C=O) groups excluding carboxylic acids is 2. The Balaban J connectivity index is 1.43. The van der Waals surface area contributed by atoms with Crippen LogP contribution >= 0.6 is 22.7 Å². The molecule has 2 aromatic rings. The number of amides is 2. The van der Waals surface area contributed by atoms with Gasteiger partial charge in [-0.25, -0.2) is 18.2 Å². The number of thiophene rings is 1. The highest BCUT2D eigenvalue weighted by Gasteiger charge is 2.40. The standard InChI is InChI=1S/C20H26N4O5S3/c1-20(2,3)29-19(26)23-10-8-13-15(12-23)31-18(21-13)22-17(25)14-6-4-9-24(14)32(27,28)16-7-5-11-30-16/h5,7,11,14H,4,6,8-10,12H2,1-3H3,(H,21,22,25). The average molecular weight is 499 g/mol. The van der Waals surface area contributed by atoms with Crippen molar-refractivity contribution in [1.29, 1.82) is 0 Å². The molecule has 0 aliphatic carbocycles. The molecule has 9 nitrogen and oxygen atoms in total. The van der Waals surface area contributed by atoms with E-state index < -0.39 is 21.7 Å². The fourth-order valence-electron chi connectivity index (χ4n) is 3.74. The molecule has 0 aromatic carbocycles. The lowest BCUT2D eigenvalue weighted by Crippen LogP contribution is -2.42. The minimum Gasteiger partial charge on any atom is -0.444 e. The maximum absolute atomic E-state index is 13.0. The molecule has 1 N–H and O–H groups in total. The molecule has 0 radical (unpaired) electrons. The zero-order valence-electron chi connectivity index (χ0n) is 18.2. The number of aromatic nitrogens is 1. The lowest BCUT2D eigenvalue weighted by Gasteiger charge is -2.29. The maximum Gasteiger partial charge on any atom is 0.410 e. The number of sulfonamides is 1. The fraction of sp³-hybridized carbons (Fsp3) is 0.550. The number of hydrogen-bond donors (Lipinski definition) is 1. The topological polar surface area (TPSA) is 109 Å². The first-order valence-corrected chi connectivity index (χ1v) is 13.5. The first-order chi connectivity index (χ1) is 15.0. The quantitative estimate of drug-likeness (QED) is 0.693. The second kappa shape index (κ2) is 8.73. The fourth-order valence-corrected chi connectivity index (χ4v) is 7.54. The van der Waals surface area contributed by atoms with E-state index in [1.807, 2.05) is 20.8 Å². The van der Waals surface area contributed by atoms with Crippen LogP contribution in [0.3, 0.4) is 0 Å². The van der Waals surface area contributed by atoms with Crippen molar-refractivity contribution in [3.8, 4) is 0 Å². The monoisotopic (exact) mass is 498 g/mol. The first-order valence-electron chi connectivity index (χ1n) is 10.4. The molecule has 0 spiro atoms. The predicted molar refractivity (Wildman–Crippen MR) is 122 cm³/mol. The van der Waals surface area contributed by atoms with Gasteiger partial charge in [0.1, 0.15) is 15.9 Å². The Morgan fingerprint density at radius 1 is 1.28 bits per heavy atom. The summed E-state index contributed by atoms with van der Waals surface area (Å²) in [6, 6.07) is 2.48. The van der Waals surface area contributed by atoms with Gasteiger partial charge in [0.25, 0.3) is 10.0 Å². The highest BCUT2D eigenvalue weighted by Crippen LogP contribution is 2.32. The summed E-state index contributed by atoms with van der Waals surface area (Å²) in [6.07, 6.45) is 1.29. The highest BCUT2D eigenvalue weighted by atomic mass is 32.2. The van der Waals surface area contributed by atoms with Gasteiger partial charge in [-0.3, -0.25) is 4.79 Å². The van der Waals surface area contributed by atoms with Gasteiger partial charge in [0.05, 0.1) is 12.2 Å². The van der Waals surface area contributed by atoms with E-state index in [0.29, 0.717) is 44.0 Å². The molecule has 0 bridgehead atoms. The largest absolute Gasteiger partial charge is 0.444 e. The van der Waals surface area contributed by atoms with Gasteiger partial charge in [-0.05, 0) is 45.1 Å². The van der Waals surface area contributed by atoms with Gasteiger partial charge < -0.3 is 15.0 Å². The molecule has 2 aliphatic heterocycles. The van der Waals surface area contributed by atoms with E-state index in [1.54, 1.807) is 22.4 Å². The number of ether oxygens (including phenoxy) is 1. The van der Waals surface area contributed by atoms with Gasteiger partial charge in [-0.15, -0.1) is 11.3 Å². The Hall–Kier alpha value is -2.02. The molecule has 12 heteroatoms. The van der Waals surface area contributed by atoms with Gasteiger partial charge in [0.2, 0.25) is 5.91 Å². The summed E-state index contributed by atoms with van der Waals surface area (Å²) in [5.74, 6) is -0.377. The molecule has 0 saturated carbocycles. The molecule has 32 heavy (non-hydrogen) atoms. The average Bonchev–Trinajstić information content (AvgIpc) is 3.45. The molecule has 174 valence electrons. The summed E-state index contributed by atoms with van der Waals surface area (Å²) in [4.78, 5) is 32.4. The van der Waals surface area contributed by atoms with Crippen molar-refractivity contribution in [2.75, 3.05) is 18.4 Å². The van der Waals surface area contributed by atoms with E-state index in [9.17, 15) is 18.0 Å². The number of rotatable bonds is 4. The summed E-state index contributed by atoms with van der Waals surface area (Å²) in [7, 11) is -3.70. The summed E-state index contributed by atoms with van der Waals surface area (Å²) >= 11 is 2.45. The van der Waals surface area contributed by atoms with Crippen molar-refractivity contribution in [2.24, 2.45) is 0 Å². The third-order valence-electron chi connectivity index (χ3n) is 5.18. The van der Waals surface area contributed by atoms with Crippen molar-refractivity contribution >= 4 is 49.8 Å². The van der Waals surface area contributed by atoms with E-state index in [0.717, 1.165) is 21.9 Å². The molecular weight excluding hydrogens is 472 g/mol. The van der Waals surface area contributed by atoms with E-state index in [-0.39, 0.29) is 16.2 Å². The molecule has 2 amide bonds. The van der Waals surface area contributed by atoms with Crippen molar-refractivity contribution in [3.63, 3.8) is 0 Å². The van der Waals surface area contributed by atoms with Crippen molar-refractivity contribution in [3.05, 3.63) is 28.1 Å². The number of fused-ring (bicyclic) bond motifs is 1. The first kappa shape index (κ1) is 23.1. The van der Waals surface area contributed by atoms with Crippen LogP contribution < -0.4 is 5.32 Å². The molecule has 4 heterocycles. The Labute approximate surface area is 195 Å². The van der Waals surface area contributed by atoms with Gasteiger partial charge >= 0.3 is 6.09 Å². The second-order valence-corrected chi connectivity index (χ2v) is 12.9. The molecule has 2 aromatic heterocycles. The Morgan fingerprint density at radius 2 is 2.06 bits per heavy atom. The number of thiazole rings is 1. The maximum atomic E-state index is 13.0. The lowest BCUT2D eigenvalue weighted by molar-refractivity contribution is -0.119. The SMILES string of the molecule is CC(C)(C)OC(=O)N1CCc2nc(NC(=O)C3CCCN3S(=O)(=O)c3cccs3)sc2C1. The minimum absolute atomic E-state index is 0.240. The van der Waals surface area contributed by atoms with Crippen LogP contribution in [-0.2, 0) is 32.5 Å². The van der Waals surface area contributed by atoms with Crippen LogP contribution in [0.4, 0.5) is 9.93 Å². The van der Waals surface area contributed by atoms with Gasteiger partial charge in [-0.1, -0.05) is 17.4 Å². The van der Waals surface area contributed by atoms with Gasteiger partial charge in [0, 0.05) is 24.4 Å². The van der Waals surface area contributed by atoms with Gasteiger partial charge in [0.15, 0.2) is 5.13 Å². The number of anilines is 1. The molecule has 2 aliphatic rings. The number of carbonyl (C=O) groups is 2. The van der Waals surface area contributed by atoms with E-state index in [2.05, 4.69) is 10.3 Å². The van der Waals surface area contributed by atoms with Crippen LogP contribution in [-0.4, -0.2) is 59.3 Å². The number of nitrogens with zero attached hydrogens (tertiary/aromatic N) is 3. The Bertz CT molecular complexity index is 1100. The van der Waals surface area contributed by atoms with E-state index in [4.69, 9.17) is 4.74 Å². The molecule has 1 atom stereocenters.